The van der Waals surface area contributed by atoms with Gasteiger partial charge in [0.25, 0.3) is 5.69 Å². The van der Waals surface area contributed by atoms with E-state index in [0.717, 1.165) is 0 Å². The fraction of sp³-hybridized carbons (Fsp3) is 0.0769. The quantitative estimate of drug-likeness (QED) is 0.528. The van der Waals surface area contributed by atoms with Gasteiger partial charge in [0.15, 0.2) is 9.84 Å². The summed E-state index contributed by atoms with van der Waals surface area (Å²) in [6, 6.07) is 9.74. The molecule has 110 valence electrons. The normalized spacial score (nSPS) is 11.3. The van der Waals surface area contributed by atoms with E-state index in [1.807, 2.05) is 0 Å². The average molecular weight is 327 g/mol. The molecule has 2 aromatic rings. The number of halogens is 1. The van der Waals surface area contributed by atoms with Gasteiger partial charge in [-0.2, -0.15) is 0 Å². The second-order valence-corrected chi connectivity index (χ2v) is 6.67. The van der Waals surface area contributed by atoms with Gasteiger partial charge in [-0.05, 0) is 17.7 Å². The van der Waals surface area contributed by atoms with E-state index in [1.165, 1.54) is 36.4 Å². The fourth-order valence-electron chi connectivity index (χ4n) is 1.86. The van der Waals surface area contributed by atoms with Crippen molar-refractivity contribution in [1.82, 2.24) is 0 Å². The van der Waals surface area contributed by atoms with Crippen molar-refractivity contribution in [2.75, 3.05) is 5.73 Å². The molecule has 0 amide bonds. The summed E-state index contributed by atoms with van der Waals surface area (Å²) in [6.07, 6.45) is 0. The smallest absolute Gasteiger partial charge is 0.269 e. The molecule has 0 aliphatic carbocycles. The minimum absolute atomic E-state index is 0.0527. The standard InChI is InChI=1S/C13H11ClN2O4S/c14-11-2-1-3-12(15)13(11)21(19,20)8-9-4-6-10(7-5-9)16(17)18/h1-7H,8,15H2. The first kappa shape index (κ1) is 15.3. The van der Waals surface area contributed by atoms with Crippen LogP contribution in [-0.2, 0) is 15.6 Å². The zero-order valence-corrected chi connectivity index (χ0v) is 12.3. The highest BCUT2D eigenvalue weighted by Crippen LogP contribution is 2.30. The Labute approximate surface area is 126 Å². The molecule has 0 spiro atoms. The van der Waals surface area contributed by atoms with Gasteiger partial charge in [0.05, 0.1) is 21.4 Å². The van der Waals surface area contributed by atoms with Crippen LogP contribution in [-0.4, -0.2) is 13.3 Å². The number of rotatable bonds is 4. The van der Waals surface area contributed by atoms with Crippen LogP contribution >= 0.6 is 11.6 Å². The zero-order valence-electron chi connectivity index (χ0n) is 10.7. The molecule has 2 aromatic carbocycles. The maximum absolute atomic E-state index is 12.4. The summed E-state index contributed by atoms with van der Waals surface area (Å²) in [6.45, 7) is 0. The largest absolute Gasteiger partial charge is 0.398 e. The Bertz CT molecular complexity index is 768. The third-order valence-corrected chi connectivity index (χ3v) is 5.03. The number of nitrogen functional groups attached to an aromatic ring is 1. The summed E-state index contributed by atoms with van der Waals surface area (Å²) >= 11 is 5.90. The number of benzene rings is 2. The molecular formula is C13H11ClN2O4S. The van der Waals surface area contributed by atoms with Crippen LogP contribution in [0.4, 0.5) is 11.4 Å². The SMILES string of the molecule is Nc1cccc(Cl)c1S(=O)(=O)Cc1ccc([N+](=O)[O-])cc1. The predicted molar refractivity (Wildman–Crippen MR) is 79.9 cm³/mol. The molecule has 0 aliphatic heterocycles. The molecule has 6 nitrogen and oxygen atoms in total. The molecule has 0 radical (unpaired) electrons. The first-order valence-corrected chi connectivity index (χ1v) is 7.84. The van der Waals surface area contributed by atoms with Crippen LogP contribution in [0.2, 0.25) is 5.02 Å². The molecule has 0 bridgehead atoms. The Balaban J connectivity index is 2.35. The molecule has 8 heteroatoms. The lowest BCUT2D eigenvalue weighted by Gasteiger charge is -2.09. The van der Waals surface area contributed by atoms with Gasteiger partial charge in [-0.3, -0.25) is 10.1 Å². The van der Waals surface area contributed by atoms with Crippen molar-refractivity contribution in [3.8, 4) is 0 Å². The Morgan fingerprint density at radius 3 is 2.29 bits per heavy atom. The van der Waals surface area contributed by atoms with E-state index in [9.17, 15) is 18.5 Å². The van der Waals surface area contributed by atoms with Gasteiger partial charge in [-0.25, -0.2) is 8.42 Å². The van der Waals surface area contributed by atoms with Gasteiger partial charge in [0, 0.05) is 12.1 Å². The van der Waals surface area contributed by atoms with E-state index < -0.39 is 14.8 Å². The predicted octanol–water partition coefficient (Wildman–Crippen LogP) is 2.80. The molecule has 0 heterocycles. The van der Waals surface area contributed by atoms with Crippen molar-refractivity contribution in [2.45, 2.75) is 10.6 Å². The molecular weight excluding hydrogens is 316 g/mol. The number of sulfone groups is 1. The highest BCUT2D eigenvalue weighted by atomic mass is 35.5. The monoisotopic (exact) mass is 326 g/mol. The van der Waals surface area contributed by atoms with Gasteiger partial charge in [-0.1, -0.05) is 29.8 Å². The van der Waals surface area contributed by atoms with Crippen LogP contribution < -0.4 is 5.73 Å². The van der Waals surface area contributed by atoms with Crippen LogP contribution in [0.1, 0.15) is 5.56 Å². The van der Waals surface area contributed by atoms with E-state index in [4.69, 9.17) is 17.3 Å². The maximum Gasteiger partial charge on any atom is 0.269 e. The highest BCUT2D eigenvalue weighted by molar-refractivity contribution is 7.91. The Morgan fingerprint density at radius 1 is 1.14 bits per heavy atom. The Hall–Kier alpha value is -2.12. The average Bonchev–Trinajstić information content (AvgIpc) is 2.38. The molecule has 21 heavy (non-hydrogen) atoms. The third kappa shape index (κ3) is 3.32. The molecule has 0 fully saturated rings. The van der Waals surface area contributed by atoms with Crippen LogP contribution in [0.15, 0.2) is 47.4 Å². The maximum atomic E-state index is 12.4. The number of hydrogen-bond donors (Lipinski definition) is 1. The second-order valence-electron chi connectivity index (χ2n) is 4.34. The summed E-state index contributed by atoms with van der Waals surface area (Å²) in [4.78, 5) is 9.89. The second kappa shape index (κ2) is 5.71. The summed E-state index contributed by atoms with van der Waals surface area (Å²) in [7, 11) is -3.73. The molecule has 0 unspecified atom stereocenters. The van der Waals surface area contributed by atoms with Crippen molar-refractivity contribution in [3.63, 3.8) is 0 Å². The van der Waals surface area contributed by atoms with Crippen molar-refractivity contribution in [3.05, 3.63) is 63.2 Å². The van der Waals surface area contributed by atoms with Crippen LogP contribution in [0.5, 0.6) is 0 Å². The van der Waals surface area contributed by atoms with E-state index in [1.54, 1.807) is 6.07 Å². The van der Waals surface area contributed by atoms with Crippen LogP contribution in [0.25, 0.3) is 0 Å². The summed E-state index contributed by atoms with van der Waals surface area (Å²) < 4.78 is 24.7. The first-order valence-electron chi connectivity index (χ1n) is 5.81. The topological polar surface area (TPSA) is 103 Å². The van der Waals surface area contributed by atoms with Crippen LogP contribution in [0, 0.1) is 10.1 Å². The zero-order chi connectivity index (χ0) is 15.6. The van der Waals surface area contributed by atoms with Crippen molar-refractivity contribution >= 4 is 32.8 Å². The molecule has 0 saturated carbocycles. The minimum Gasteiger partial charge on any atom is -0.398 e. The number of nitro benzene ring substituents is 1. The summed E-state index contributed by atoms with van der Waals surface area (Å²) in [5.41, 5.74) is 6.06. The van der Waals surface area contributed by atoms with Gasteiger partial charge in [-0.15, -0.1) is 0 Å². The van der Waals surface area contributed by atoms with Gasteiger partial charge in [0.1, 0.15) is 4.90 Å². The minimum atomic E-state index is -3.73. The molecule has 2 N–H and O–H groups in total. The fourth-order valence-corrected chi connectivity index (χ4v) is 3.96. The Kier molecular flexibility index (Phi) is 4.15. The first-order chi connectivity index (χ1) is 9.81. The van der Waals surface area contributed by atoms with Crippen molar-refractivity contribution in [2.24, 2.45) is 0 Å². The molecule has 0 atom stereocenters. The van der Waals surface area contributed by atoms with Crippen LogP contribution in [0.3, 0.4) is 0 Å². The lowest BCUT2D eigenvalue weighted by atomic mass is 10.2. The van der Waals surface area contributed by atoms with E-state index >= 15 is 0 Å². The number of nitrogens with two attached hydrogens (primary N) is 1. The van der Waals surface area contributed by atoms with Crippen molar-refractivity contribution < 1.29 is 13.3 Å². The molecule has 0 aliphatic rings. The Morgan fingerprint density at radius 2 is 1.76 bits per heavy atom. The molecule has 0 saturated heterocycles. The molecule has 2 rings (SSSR count). The number of hydrogen-bond acceptors (Lipinski definition) is 5. The van der Waals surface area contributed by atoms with Gasteiger partial charge in [0.2, 0.25) is 0 Å². The lowest BCUT2D eigenvalue weighted by Crippen LogP contribution is -2.08. The highest BCUT2D eigenvalue weighted by Gasteiger charge is 2.22. The van der Waals surface area contributed by atoms with Gasteiger partial charge >= 0.3 is 0 Å². The van der Waals surface area contributed by atoms with E-state index in [-0.39, 0.29) is 27.0 Å². The number of anilines is 1. The number of nitro groups is 1. The third-order valence-electron chi connectivity index (χ3n) is 2.81. The van der Waals surface area contributed by atoms with Crippen molar-refractivity contribution in [1.29, 1.82) is 0 Å². The summed E-state index contributed by atoms with van der Waals surface area (Å²) in [5, 5.41) is 10.6. The lowest BCUT2D eigenvalue weighted by molar-refractivity contribution is -0.384. The number of nitrogens with zero attached hydrogens (tertiary/aromatic N) is 1. The van der Waals surface area contributed by atoms with E-state index in [0.29, 0.717) is 5.56 Å². The van der Waals surface area contributed by atoms with Gasteiger partial charge < -0.3 is 5.73 Å². The van der Waals surface area contributed by atoms with E-state index in [2.05, 4.69) is 0 Å². The number of non-ortho nitro benzene ring substituents is 1. The summed E-state index contributed by atoms with van der Waals surface area (Å²) in [5.74, 6) is -0.334. The molecule has 0 aromatic heterocycles.